The molecule has 1 aliphatic rings. The molecule has 1 heterocycles. The Balaban J connectivity index is 2.34. The fraction of sp³-hybridized carbons (Fsp3) is 0.533. The van der Waals surface area contributed by atoms with E-state index in [1.807, 2.05) is 13.8 Å². The average Bonchev–Trinajstić information content (AvgIpc) is 2.76. The number of methoxy groups -OCH3 is 1. The van der Waals surface area contributed by atoms with Gasteiger partial charge in [-0.2, -0.15) is 0 Å². The summed E-state index contributed by atoms with van der Waals surface area (Å²) in [5.41, 5.74) is 0.500. The molecule has 0 spiro atoms. The number of hydrogen-bond acceptors (Lipinski definition) is 3. The quantitative estimate of drug-likeness (QED) is 0.897. The number of carbonyl (C=O) groups excluding carboxylic acids is 1. The van der Waals surface area contributed by atoms with E-state index in [9.17, 15) is 9.18 Å². The second-order valence-electron chi connectivity index (χ2n) is 5.10. The number of nitrogens with one attached hydrogen (secondary N) is 1. The zero-order chi connectivity index (χ0) is 14.7. The van der Waals surface area contributed by atoms with Crippen LogP contribution in [-0.2, 0) is 9.53 Å². The van der Waals surface area contributed by atoms with Gasteiger partial charge in [0.05, 0.1) is 18.7 Å². The van der Waals surface area contributed by atoms with Crippen molar-refractivity contribution in [3.05, 3.63) is 35.6 Å². The minimum atomic E-state index is -0.432. The minimum absolute atomic E-state index is 0.00491. The van der Waals surface area contributed by atoms with Gasteiger partial charge in [0.1, 0.15) is 12.0 Å². The summed E-state index contributed by atoms with van der Waals surface area (Å²) >= 11 is 0. The first-order chi connectivity index (χ1) is 9.60. The van der Waals surface area contributed by atoms with Crippen molar-refractivity contribution < 1.29 is 13.9 Å². The average molecular weight is 280 g/mol. The standard InChI is InChI=1S/C15H21FN2O2/c1-4-13-15(19)18(10(2)9-20-3)14(17-13)11-7-5-6-8-12(11)16/h5-8,10,13-14,17H,4,9H2,1-3H3. The first-order valence-corrected chi connectivity index (χ1v) is 6.91. The largest absolute Gasteiger partial charge is 0.383 e. The fourth-order valence-electron chi connectivity index (χ4n) is 2.67. The van der Waals surface area contributed by atoms with Gasteiger partial charge in [0, 0.05) is 12.7 Å². The van der Waals surface area contributed by atoms with Crippen molar-refractivity contribution in [1.29, 1.82) is 0 Å². The minimum Gasteiger partial charge on any atom is -0.383 e. The van der Waals surface area contributed by atoms with E-state index in [1.165, 1.54) is 6.07 Å². The van der Waals surface area contributed by atoms with Crippen LogP contribution in [0, 0.1) is 5.82 Å². The lowest BCUT2D eigenvalue weighted by atomic mass is 10.1. The van der Waals surface area contributed by atoms with Gasteiger partial charge < -0.3 is 9.64 Å². The topological polar surface area (TPSA) is 41.6 Å². The Morgan fingerprint density at radius 2 is 2.15 bits per heavy atom. The smallest absolute Gasteiger partial charge is 0.241 e. The van der Waals surface area contributed by atoms with E-state index in [-0.39, 0.29) is 23.8 Å². The number of hydrogen-bond donors (Lipinski definition) is 1. The predicted octanol–water partition coefficient (Wildman–Crippen LogP) is 2.07. The van der Waals surface area contributed by atoms with E-state index in [0.717, 1.165) is 0 Å². The van der Waals surface area contributed by atoms with Crippen molar-refractivity contribution in [1.82, 2.24) is 10.2 Å². The van der Waals surface area contributed by atoms with E-state index in [4.69, 9.17) is 4.74 Å². The third-order valence-corrected chi connectivity index (χ3v) is 3.68. The number of benzene rings is 1. The third-order valence-electron chi connectivity index (χ3n) is 3.68. The van der Waals surface area contributed by atoms with Crippen LogP contribution in [-0.4, -0.2) is 36.6 Å². The van der Waals surface area contributed by atoms with Gasteiger partial charge in [0.15, 0.2) is 0 Å². The van der Waals surface area contributed by atoms with Crippen LogP contribution in [0.1, 0.15) is 32.0 Å². The number of halogens is 1. The second kappa shape index (κ2) is 6.33. The SMILES string of the molecule is CCC1NC(c2ccccc2F)N(C(C)COC)C1=O. The van der Waals surface area contributed by atoms with Crippen LogP contribution in [0.5, 0.6) is 0 Å². The van der Waals surface area contributed by atoms with E-state index < -0.39 is 6.17 Å². The van der Waals surface area contributed by atoms with Crippen LogP contribution in [0.4, 0.5) is 4.39 Å². The maximum absolute atomic E-state index is 14.0. The number of amides is 1. The first-order valence-electron chi connectivity index (χ1n) is 6.91. The van der Waals surface area contributed by atoms with Crippen molar-refractivity contribution in [2.24, 2.45) is 0 Å². The first kappa shape index (κ1) is 14.9. The molecule has 3 unspecified atom stereocenters. The van der Waals surface area contributed by atoms with Crippen LogP contribution < -0.4 is 5.32 Å². The van der Waals surface area contributed by atoms with Gasteiger partial charge in [0.25, 0.3) is 0 Å². The number of ether oxygens (including phenoxy) is 1. The van der Waals surface area contributed by atoms with E-state index in [2.05, 4.69) is 5.32 Å². The van der Waals surface area contributed by atoms with Gasteiger partial charge in [0.2, 0.25) is 5.91 Å². The van der Waals surface area contributed by atoms with Crippen LogP contribution >= 0.6 is 0 Å². The monoisotopic (exact) mass is 280 g/mol. The van der Waals surface area contributed by atoms with Crippen LogP contribution in [0.25, 0.3) is 0 Å². The molecular weight excluding hydrogens is 259 g/mol. The molecule has 1 fully saturated rings. The maximum atomic E-state index is 14.0. The molecule has 1 aromatic rings. The number of nitrogens with zero attached hydrogens (tertiary/aromatic N) is 1. The summed E-state index contributed by atoms with van der Waals surface area (Å²) in [6, 6.07) is 6.18. The van der Waals surface area contributed by atoms with Crippen molar-refractivity contribution in [2.45, 2.75) is 38.5 Å². The molecule has 4 nitrogen and oxygen atoms in total. The normalized spacial score (nSPS) is 24.2. The van der Waals surface area contributed by atoms with Crippen molar-refractivity contribution in [3.63, 3.8) is 0 Å². The van der Waals surface area contributed by atoms with Crippen molar-refractivity contribution >= 4 is 5.91 Å². The summed E-state index contributed by atoms with van der Waals surface area (Å²) in [5, 5.41) is 3.22. The van der Waals surface area contributed by atoms with Crippen LogP contribution in [0.3, 0.4) is 0 Å². The summed E-state index contributed by atoms with van der Waals surface area (Å²) < 4.78 is 19.1. The summed E-state index contributed by atoms with van der Waals surface area (Å²) in [7, 11) is 1.60. The van der Waals surface area contributed by atoms with Gasteiger partial charge in [-0.1, -0.05) is 25.1 Å². The Bertz CT molecular complexity index is 481. The Morgan fingerprint density at radius 3 is 2.75 bits per heavy atom. The lowest BCUT2D eigenvalue weighted by Crippen LogP contribution is -2.41. The Kier molecular flexibility index (Phi) is 4.73. The Hall–Kier alpha value is -1.46. The molecule has 3 atom stereocenters. The highest BCUT2D eigenvalue weighted by atomic mass is 19.1. The summed E-state index contributed by atoms with van der Waals surface area (Å²) in [4.78, 5) is 14.1. The van der Waals surface area contributed by atoms with E-state index in [1.54, 1.807) is 30.2 Å². The molecule has 1 aromatic carbocycles. The summed E-state index contributed by atoms with van der Waals surface area (Å²) in [5.74, 6) is -0.297. The molecule has 2 rings (SSSR count). The molecule has 0 radical (unpaired) electrons. The van der Waals surface area contributed by atoms with E-state index in [0.29, 0.717) is 18.6 Å². The molecule has 1 aliphatic heterocycles. The lowest BCUT2D eigenvalue weighted by molar-refractivity contribution is -0.133. The molecule has 0 bridgehead atoms. The zero-order valence-electron chi connectivity index (χ0n) is 12.1. The highest BCUT2D eigenvalue weighted by Crippen LogP contribution is 2.30. The highest BCUT2D eigenvalue weighted by molar-refractivity contribution is 5.84. The molecule has 1 saturated heterocycles. The second-order valence-corrected chi connectivity index (χ2v) is 5.10. The van der Waals surface area contributed by atoms with Crippen LogP contribution in [0.2, 0.25) is 0 Å². The van der Waals surface area contributed by atoms with Gasteiger partial charge in [-0.15, -0.1) is 0 Å². The molecule has 0 saturated carbocycles. The third kappa shape index (κ3) is 2.69. The van der Waals surface area contributed by atoms with Gasteiger partial charge in [-0.3, -0.25) is 10.1 Å². The zero-order valence-corrected chi connectivity index (χ0v) is 12.1. The van der Waals surface area contributed by atoms with Gasteiger partial charge in [-0.25, -0.2) is 4.39 Å². The predicted molar refractivity (Wildman–Crippen MR) is 74.5 cm³/mol. The molecule has 1 amide bonds. The van der Waals surface area contributed by atoms with Crippen LogP contribution in [0.15, 0.2) is 24.3 Å². The lowest BCUT2D eigenvalue weighted by Gasteiger charge is -2.30. The maximum Gasteiger partial charge on any atom is 0.241 e. The van der Waals surface area contributed by atoms with Crippen molar-refractivity contribution in [2.75, 3.05) is 13.7 Å². The fourth-order valence-corrected chi connectivity index (χ4v) is 2.67. The molecular formula is C15H21FN2O2. The molecule has 20 heavy (non-hydrogen) atoms. The Morgan fingerprint density at radius 1 is 1.45 bits per heavy atom. The molecule has 0 aliphatic carbocycles. The highest BCUT2D eigenvalue weighted by Gasteiger charge is 2.41. The summed E-state index contributed by atoms with van der Waals surface area (Å²) in [6.45, 7) is 4.28. The van der Waals surface area contributed by atoms with E-state index >= 15 is 0 Å². The van der Waals surface area contributed by atoms with Gasteiger partial charge >= 0.3 is 0 Å². The number of rotatable bonds is 5. The molecule has 0 aromatic heterocycles. The number of carbonyl (C=O) groups is 1. The Labute approximate surface area is 118 Å². The molecule has 110 valence electrons. The molecule has 5 heteroatoms. The summed E-state index contributed by atoms with van der Waals surface area (Å²) in [6.07, 6.45) is 0.249. The van der Waals surface area contributed by atoms with Crippen molar-refractivity contribution in [3.8, 4) is 0 Å². The molecule has 1 N–H and O–H groups in total. The van der Waals surface area contributed by atoms with Gasteiger partial charge in [-0.05, 0) is 19.4 Å².